The van der Waals surface area contributed by atoms with Crippen molar-refractivity contribution in [1.82, 2.24) is 14.8 Å². The van der Waals surface area contributed by atoms with Crippen LogP contribution in [0.15, 0.2) is 57.9 Å². The number of hydrogen-bond acceptors (Lipinski definition) is 4. The van der Waals surface area contributed by atoms with Gasteiger partial charge in [0.05, 0.1) is 12.8 Å². The second-order valence-corrected chi connectivity index (χ2v) is 4.37. The van der Waals surface area contributed by atoms with Crippen LogP contribution in [0, 0.1) is 0 Å². The van der Waals surface area contributed by atoms with Crippen molar-refractivity contribution in [3.8, 4) is 0 Å². The average Bonchev–Trinajstić information content (AvgIpc) is 3.11. The second-order valence-electron chi connectivity index (χ2n) is 4.37. The summed E-state index contributed by atoms with van der Waals surface area (Å²) in [7, 11) is 0. The zero-order valence-electron chi connectivity index (χ0n) is 10.6. The Labute approximate surface area is 114 Å². The van der Waals surface area contributed by atoms with Gasteiger partial charge in [-0.25, -0.2) is 9.89 Å². The van der Waals surface area contributed by atoms with E-state index in [-0.39, 0.29) is 18.1 Å². The van der Waals surface area contributed by atoms with Gasteiger partial charge in [0.25, 0.3) is 0 Å². The fourth-order valence-electron chi connectivity index (χ4n) is 2.03. The summed E-state index contributed by atoms with van der Waals surface area (Å²) < 4.78 is 6.58. The highest BCUT2D eigenvalue weighted by molar-refractivity contribution is 5.22. The van der Waals surface area contributed by atoms with Crippen LogP contribution in [0.1, 0.15) is 23.3 Å². The number of nitrogens with one attached hydrogen (secondary N) is 1. The molecule has 0 amide bonds. The van der Waals surface area contributed by atoms with Crippen molar-refractivity contribution in [2.24, 2.45) is 0 Å². The summed E-state index contributed by atoms with van der Waals surface area (Å²) in [5, 5.41) is 16.6. The third-order valence-corrected chi connectivity index (χ3v) is 3.04. The van der Waals surface area contributed by atoms with E-state index in [0.717, 1.165) is 0 Å². The number of furan rings is 1. The molecule has 6 heteroatoms. The molecule has 0 aliphatic heterocycles. The first-order chi connectivity index (χ1) is 9.75. The van der Waals surface area contributed by atoms with Crippen molar-refractivity contribution in [1.29, 1.82) is 0 Å². The molecule has 2 aromatic heterocycles. The molecule has 1 atom stereocenters. The first-order valence-corrected chi connectivity index (χ1v) is 6.16. The summed E-state index contributed by atoms with van der Waals surface area (Å²) in [6, 6.07) is 12.6. The van der Waals surface area contributed by atoms with Gasteiger partial charge in [0.2, 0.25) is 0 Å². The van der Waals surface area contributed by atoms with E-state index in [9.17, 15) is 9.90 Å². The molecule has 2 heterocycles. The van der Waals surface area contributed by atoms with Crippen molar-refractivity contribution in [3.05, 3.63) is 76.4 Å². The van der Waals surface area contributed by atoms with Crippen molar-refractivity contribution >= 4 is 0 Å². The van der Waals surface area contributed by atoms with Crippen LogP contribution < -0.4 is 5.69 Å². The number of nitrogens with zero attached hydrogens (tertiary/aromatic N) is 2. The van der Waals surface area contributed by atoms with E-state index >= 15 is 0 Å². The normalized spacial score (nSPS) is 12.4. The number of aliphatic hydroxyl groups is 1. The Kier molecular flexibility index (Phi) is 3.22. The number of aromatic nitrogens is 3. The van der Waals surface area contributed by atoms with Crippen LogP contribution in [0.4, 0.5) is 0 Å². The second kappa shape index (κ2) is 5.18. The molecule has 0 radical (unpaired) electrons. The highest BCUT2D eigenvalue weighted by atomic mass is 16.3. The van der Waals surface area contributed by atoms with Crippen LogP contribution in [0.5, 0.6) is 0 Å². The topological polar surface area (TPSA) is 84.0 Å². The van der Waals surface area contributed by atoms with Gasteiger partial charge in [0.15, 0.2) is 5.82 Å². The van der Waals surface area contributed by atoms with Gasteiger partial charge in [-0.3, -0.25) is 4.57 Å². The van der Waals surface area contributed by atoms with Crippen LogP contribution in [-0.2, 0) is 6.54 Å². The number of aromatic amines is 1. The summed E-state index contributed by atoms with van der Waals surface area (Å²) in [5.41, 5.74) is 0.290. The van der Waals surface area contributed by atoms with Gasteiger partial charge in [-0.2, -0.15) is 5.10 Å². The van der Waals surface area contributed by atoms with Crippen LogP contribution in [-0.4, -0.2) is 19.9 Å². The standard InChI is InChI=1S/C14H13N3O3/c18-12(10-5-2-1-3-6-10)13-15-16-14(19)17(13)9-11-7-4-8-20-11/h1-8,12,18H,9H2,(H,16,19). The van der Waals surface area contributed by atoms with Crippen LogP contribution in [0.25, 0.3) is 0 Å². The monoisotopic (exact) mass is 271 g/mol. The maximum absolute atomic E-state index is 11.8. The zero-order chi connectivity index (χ0) is 13.9. The lowest BCUT2D eigenvalue weighted by molar-refractivity contribution is 0.204. The first kappa shape index (κ1) is 12.4. The molecule has 0 spiro atoms. The fraction of sp³-hybridized carbons (Fsp3) is 0.143. The number of rotatable bonds is 4. The van der Waals surface area contributed by atoms with Crippen molar-refractivity contribution in [2.45, 2.75) is 12.6 Å². The van der Waals surface area contributed by atoms with Crippen LogP contribution >= 0.6 is 0 Å². The largest absolute Gasteiger partial charge is 0.467 e. The highest BCUT2D eigenvalue weighted by Gasteiger charge is 2.19. The number of aliphatic hydroxyl groups excluding tert-OH is 1. The molecular formula is C14H13N3O3. The Morgan fingerprint density at radius 3 is 2.75 bits per heavy atom. The molecule has 0 aliphatic carbocycles. The van der Waals surface area contributed by atoms with Gasteiger partial charge in [-0.05, 0) is 17.7 Å². The molecule has 2 N–H and O–H groups in total. The third kappa shape index (κ3) is 2.28. The Bertz CT molecular complexity index is 729. The van der Waals surface area contributed by atoms with Crippen molar-refractivity contribution < 1.29 is 9.52 Å². The lowest BCUT2D eigenvalue weighted by Crippen LogP contribution is -2.21. The third-order valence-electron chi connectivity index (χ3n) is 3.04. The number of hydrogen-bond donors (Lipinski definition) is 2. The molecule has 3 aromatic rings. The number of benzene rings is 1. The molecule has 0 saturated heterocycles. The Morgan fingerprint density at radius 2 is 2.05 bits per heavy atom. The summed E-state index contributed by atoms with van der Waals surface area (Å²) in [4.78, 5) is 11.8. The average molecular weight is 271 g/mol. The van der Waals surface area contributed by atoms with E-state index in [0.29, 0.717) is 11.3 Å². The van der Waals surface area contributed by atoms with Gasteiger partial charge >= 0.3 is 5.69 Å². The Balaban J connectivity index is 1.96. The fourth-order valence-corrected chi connectivity index (χ4v) is 2.03. The first-order valence-electron chi connectivity index (χ1n) is 6.16. The van der Waals surface area contributed by atoms with Gasteiger partial charge in [0.1, 0.15) is 11.9 Å². The summed E-state index contributed by atoms with van der Waals surface area (Å²) in [6.07, 6.45) is 0.568. The molecule has 0 bridgehead atoms. The molecule has 3 rings (SSSR count). The Hall–Kier alpha value is -2.60. The molecule has 6 nitrogen and oxygen atoms in total. The predicted molar refractivity (Wildman–Crippen MR) is 71.2 cm³/mol. The number of H-pyrrole nitrogens is 1. The zero-order valence-corrected chi connectivity index (χ0v) is 10.6. The minimum absolute atomic E-state index is 0.224. The SMILES string of the molecule is O=c1[nH]nc(C(O)c2ccccc2)n1Cc1ccco1. The molecular weight excluding hydrogens is 258 g/mol. The minimum Gasteiger partial charge on any atom is -0.467 e. The molecule has 1 aromatic carbocycles. The van der Waals surface area contributed by atoms with Crippen LogP contribution in [0.2, 0.25) is 0 Å². The van der Waals surface area contributed by atoms with E-state index in [1.54, 1.807) is 24.3 Å². The maximum atomic E-state index is 11.8. The minimum atomic E-state index is -0.967. The van der Waals surface area contributed by atoms with E-state index in [4.69, 9.17) is 4.42 Å². The lowest BCUT2D eigenvalue weighted by Gasteiger charge is -2.11. The Morgan fingerprint density at radius 1 is 1.25 bits per heavy atom. The molecule has 0 saturated carbocycles. The van der Waals surface area contributed by atoms with Gasteiger partial charge < -0.3 is 9.52 Å². The smallest absolute Gasteiger partial charge is 0.343 e. The predicted octanol–water partition coefficient (Wildman–Crippen LogP) is 1.29. The highest BCUT2D eigenvalue weighted by Crippen LogP contribution is 2.19. The summed E-state index contributed by atoms with van der Waals surface area (Å²) in [5.74, 6) is 0.882. The molecule has 20 heavy (non-hydrogen) atoms. The molecule has 1 unspecified atom stereocenters. The molecule has 0 fully saturated rings. The van der Waals surface area contributed by atoms with Crippen molar-refractivity contribution in [2.75, 3.05) is 0 Å². The van der Waals surface area contributed by atoms with Crippen molar-refractivity contribution in [3.63, 3.8) is 0 Å². The lowest BCUT2D eigenvalue weighted by atomic mass is 10.1. The summed E-state index contributed by atoms with van der Waals surface area (Å²) >= 11 is 0. The van der Waals surface area contributed by atoms with E-state index in [2.05, 4.69) is 10.2 Å². The van der Waals surface area contributed by atoms with Gasteiger partial charge in [0, 0.05) is 0 Å². The van der Waals surface area contributed by atoms with E-state index in [1.165, 1.54) is 10.8 Å². The maximum Gasteiger partial charge on any atom is 0.343 e. The molecule has 102 valence electrons. The van der Waals surface area contributed by atoms with Gasteiger partial charge in [-0.1, -0.05) is 30.3 Å². The van der Waals surface area contributed by atoms with Gasteiger partial charge in [-0.15, -0.1) is 0 Å². The van der Waals surface area contributed by atoms with Crippen LogP contribution in [0.3, 0.4) is 0 Å². The summed E-state index contributed by atoms with van der Waals surface area (Å²) in [6.45, 7) is 0.224. The molecule has 0 aliphatic rings. The van der Waals surface area contributed by atoms with E-state index in [1.807, 2.05) is 18.2 Å². The van der Waals surface area contributed by atoms with E-state index < -0.39 is 6.10 Å². The quantitative estimate of drug-likeness (QED) is 0.749.